The van der Waals surface area contributed by atoms with Crippen LogP contribution in [0.2, 0.25) is 0 Å². The minimum atomic E-state index is -1.19. The molecule has 0 radical (unpaired) electrons. The summed E-state index contributed by atoms with van der Waals surface area (Å²) in [6.45, 7) is 2.60. The Morgan fingerprint density at radius 1 is 1.32 bits per heavy atom. The molecule has 1 aromatic heterocycles. The van der Waals surface area contributed by atoms with Crippen LogP contribution < -0.4 is 4.90 Å². The van der Waals surface area contributed by atoms with E-state index in [0.29, 0.717) is 6.54 Å². The Morgan fingerprint density at radius 3 is 2.82 bits per heavy atom. The highest BCUT2D eigenvalue weighted by atomic mass is 16.4. The van der Waals surface area contributed by atoms with Crippen LogP contribution in [0.25, 0.3) is 0 Å². The van der Waals surface area contributed by atoms with E-state index in [1.807, 2.05) is 19.1 Å². The first-order valence-electron chi connectivity index (χ1n) is 7.15. The lowest BCUT2D eigenvalue weighted by atomic mass is 9.99. The summed E-state index contributed by atoms with van der Waals surface area (Å²) in [5, 5.41) is 13.1. The number of anilines is 1. The van der Waals surface area contributed by atoms with Crippen LogP contribution in [0.4, 0.5) is 5.69 Å². The number of hydrogen-bond donors (Lipinski definition) is 1. The van der Waals surface area contributed by atoms with Crippen LogP contribution in [0, 0.1) is 6.92 Å². The summed E-state index contributed by atoms with van der Waals surface area (Å²) in [6.07, 6.45) is 3.26. The van der Waals surface area contributed by atoms with Crippen LogP contribution in [0.3, 0.4) is 0 Å². The predicted octanol–water partition coefficient (Wildman–Crippen LogP) is 2.02. The molecule has 0 atom stereocenters. The number of carbonyl (C=O) groups is 2. The molecule has 0 spiro atoms. The fraction of sp³-hybridized carbons (Fsp3) is 0.312. The van der Waals surface area contributed by atoms with Gasteiger partial charge in [0.05, 0.1) is 5.56 Å². The number of nitrogens with zero attached hydrogens (tertiary/aromatic N) is 3. The Balaban J connectivity index is 2.03. The highest BCUT2D eigenvalue weighted by Crippen LogP contribution is 2.29. The predicted molar refractivity (Wildman–Crippen MR) is 81.3 cm³/mol. The second-order valence-corrected chi connectivity index (χ2v) is 5.56. The number of carboxylic acid groups (broad SMARTS) is 1. The molecule has 0 saturated heterocycles. The molecule has 6 heteroatoms. The lowest BCUT2D eigenvalue weighted by Crippen LogP contribution is -2.36. The largest absolute Gasteiger partial charge is 0.476 e. The minimum absolute atomic E-state index is 0.128. The number of aromatic carboxylic acids is 1. The Bertz CT molecular complexity index is 764. The summed E-state index contributed by atoms with van der Waals surface area (Å²) in [6, 6.07) is 5.97. The van der Waals surface area contributed by atoms with Crippen molar-refractivity contribution in [1.29, 1.82) is 0 Å². The average Bonchev–Trinajstić information content (AvgIpc) is 2.88. The molecule has 1 aliphatic rings. The lowest BCUT2D eigenvalue weighted by molar-refractivity contribution is 0.0685. The Morgan fingerprint density at radius 2 is 2.09 bits per heavy atom. The molecule has 114 valence electrons. The molecule has 1 aliphatic heterocycles. The van der Waals surface area contributed by atoms with E-state index < -0.39 is 5.97 Å². The highest BCUT2D eigenvalue weighted by molar-refractivity contribution is 6.11. The van der Waals surface area contributed by atoms with E-state index in [2.05, 4.69) is 11.2 Å². The van der Waals surface area contributed by atoms with Crippen molar-refractivity contribution in [2.75, 3.05) is 11.4 Å². The number of hydrogen-bond acceptors (Lipinski definition) is 3. The molecule has 1 aromatic carbocycles. The third-order valence-corrected chi connectivity index (χ3v) is 3.86. The van der Waals surface area contributed by atoms with E-state index in [9.17, 15) is 14.7 Å². The second kappa shape index (κ2) is 5.29. The van der Waals surface area contributed by atoms with Crippen molar-refractivity contribution >= 4 is 17.6 Å². The lowest BCUT2D eigenvalue weighted by Gasteiger charge is -2.29. The maximum absolute atomic E-state index is 12.8. The summed E-state index contributed by atoms with van der Waals surface area (Å²) in [4.78, 5) is 25.7. The molecule has 1 amide bonds. The maximum atomic E-state index is 12.8. The van der Waals surface area contributed by atoms with Crippen LogP contribution in [0.5, 0.6) is 0 Å². The zero-order chi connectivity index (χ0) is 15.9. The van der Waals surface area contributed by atoms with Gasteiger partial charge in [-0.15, -0.1) is 0 Å². The summed E-state index contributed by atoms with van der Waals surface area (Å²) < 4.78 is 1.36. The quantitative estimate of drug-likeness (QED) is 0.920. The van der Waals surface area contributed by atoms with Gasteiger partial charge >= 0.3 is 5.97 Å². The van der Waals surface area contributed by atoms with Gasteiger partial charge in [-0.05, 0) is 31.4 Å². The first-order chi connectivity index (χ1) is 10.5. The van der Waals surface area contributed by atoms with Gasteiger partial charge in [0.15, 0.2) is 5.69 Å². The van der Waals surface area contributed by atoms with Crippen molar-refractivity contribution in [3.05, 3.63) is 46.8 Å². The normalized spacial score (nSPS) is 13.8. The van der Waals surface area contributed by atoms with Gasteiger partial charge in [-0.1, -0.05) is 17.7 Å². The molecular weight excluding hydrogens is 282 g/mol. The molecule has 3 rings (SSSR count). The van der Waals surface area contributed by atoms with E-state index in [1.165, 1.54) is 10.9 Å². The van der Waals surface area contributed by atoms with Crippen LogP contribution in [-0.2, 0) is 13.5 Å². The SMILES string of the molecule is Cc1ccc2c(c1)CCCN2C(=O)c1cn(C)nc1C(=O)O. The summed E-state index contributed by atoms with van der Waals surface area (Å²) >= 11 is 0. The molecule has 0 bridgehead atoms. The number of aromatic nitrogens is 2. The Kier molecular flexibility index (Phi) is 3.44. The van der Waals surface area contributed by atoms with Gasteiger partial charge < -0.3 is 10.0 Å². The molecule has 0 aliphatic carbocycles. The fourth-order valence-corrected chi connectivity index (χ4v) is 2.89. The van der Waals surface area contributed by atoms with E-state index in [0.717, 1.165) is 29.7 Å². The van der Waals surface area contributed by atoms with Gasteiger partial charge in [0, 0.05) is 25.5 Å². The molecule has 6 nitrogen and oxygen atoms in total. The first-order valence-corrected chi connectivity index (χ1v) is 7.15. The number of rotatable bonds is 2. The van der Waals surface area contributed by atoms with Crippen molar-refractivity contribution in [2.45, 2.75) is 19.8 Å². The van der Waals surface area contributed by atoms with Crippen LogP contribution >= 0.6 is 0 Å². The number of benzene rings is 1. The van der Waals surface area contributed by atoms with E-state index >= 15 is 0 Å². The van der Waals surface area contributed by atoms with Gasteiger partial charge in [-0.2, -0.15) is 5.10 Å². The van der Waals surface area contributed by atoms with Crippen molar-refractivity contribution in [2.24, 2.45) is 7.05 Å². The van der Waals surface area contributed by atoms with Gasteiger partial charge in [0.1, 0.15) is 0 Å². The molecule has 0 saturated carbocycles. The van der Waals surface area contributed by atoms with E-state index in [1.54, 1.807) is 11.9 Å². The van der Waals surface area contributed by atoms with Gasteiger partial charge in [-0.3, -0.25) is 9.48 Å². The molecule has 2 heterocycles. The maximum Gasteiger partial charge on any atom is 0.357 e. The van der Waals surface area contributed by atoms with Gasteiger partial charge in [-0.25, -0.2) is 4.79 Å². The zero-order valence-electron chi connectivity index (χ0n) is 12.5. The zero-order valence-corrected chi connectivity index (χ0v) is 12.5. The highest BCUT2D eigenvalue weighted by Gasteiger charge is 2.28. The number of carbonyl (C=O) groups excluding carboxylic acids is 1. The Labute approximate surface area is 128 Å². The molecule has 2 aromatic rings. The standard InChI is InChI=1S/C16H17N3O3/c1-10-5-6-13-11(8-10)4-3-7-19(13)15(20)12-9-18(2)17-14(12)16(21)22/h5-6,8-9H,3-4,7H2,1-2H3,(H,21,22). The monoisotopic (exact) mass is 299 g/mol. The fourth-order valence-electron chi connectivity index (χ4n) is 2.89. The third kappa shape index (κ3) is 2.36. The Hall–Kier alpha value is -2.63. The van der Waals surface area contributed by atoms with Crippen molar-refractivity contribution in [1.82, 2.24) is 9.78 Å². The summed E-state index contributed by atoms with van der Waals surface area (Å²) in [7, 11) is 1.61. The van der Waals surface area contributed by atoms with Crippen molar-refractivity contribution in [3.8, 4) is 0 Å². The van der Waals surface area contributed by atoms with E-state index in [-0.39, 0.29) is 17.2 Å². The number of carboxylic acids is 1. The van der Waals surface area contributed by atoms with Crippen LogP contribution in [-0.4, -0.2) is 33.3 Å². The van der Waals surface area contributed by atoms with Crippen LogP contribution in [0.1, 0.15) is 38.4 Å². The minimum Gasteiger partial charge on any atom is -0.476 e. The summed E-state index contributed by atoms with van der Waals surface area (Å²) in [5.74, 6) is -1.50. The number of fused-ring (bicyclic) bond motifs is 1. The first kappa shape index (κ1) is 14.3. The van der Waals surface area contributed by atoms with E-state index in [4.69, 9.17) is 0 Å². The second-order valence-electron chi connectivity index (χ2n) is 5.56. The third-order valence-electron chi connectivity index (χ3n) is 3.86. The number of amides is 1. The van der Waals surface area contributed by atoms with Crippen LogP contribution in [0.15, 0.2) is 24.4 Å². The van der Waals surface area contributed by atoms with Crippen molar-refractivity contribution in [3.63, 3.8) is 0 Å². The smallest absolute Gasteiger partial charge is 0.357 e. The van der Waals surface area contributed by atoms with Gasteiger partial charge in [0.2, 0.25) is 0 Å². The van der Waals surface area contributed by atoms with Crippen molar-refractivity contribution < 1.29 is 14.7 Å². The average molecular weight is 299 g/mol. The molecule has 0 fully saturated rings. The number of aryl methyl sites for hydroxylation is 3. The van der Waals surface area contributed by atoms with Gasteiger partial charge in [0.25, 0.3) is 5.91 Å². The topological polar surface area (TPSA) is 75.4 Å². The summed E-state index contributed by atoms with van der Waals surface area (Å²) in [5.41, 5.74) is 3.07. The molecule has 1 N–H and O–H groups in total. The molecule has 0 unspecified atom stereocenters. The molecular formula is C16H17N3O3. The molecule has 22 heavy (non-hydrogen) atoms.